The summed E-state index contributed by atoms with van der Waals surface area (Å²) in [4.78, 5) is 26.0. The van der Waals surface area contributed by atoms with Gasteiger partial charge in [0.05, 0.1) is 12.8 Å². The lowest BCUT2D eigenvalue weighted by Gasteiger charge is -2.33. The number of aromatic nitrogens is 2. The molecule has 2 heterocycles. The molecule has 166 valence electrons. The molecule has 1 fully saturated rings. The topological polar surface area (TPSA) is 58.6 Å². The van der Waals surface area contributed by atoms with E-state index in [2.05, 4.69) is 4.98 Å². The van der Waals surface area contributed by atoms with Gasteiger partial charge in [-0.1, -0.05) is 18.2 Å². The Morgan fingerprint density at radius 2 is 1.88 bits per heavy atom. The normalized spacial score (nSPS) is 14.3. The van der Waals surface area contributed by atoms with E-state index in [1.807, 2.05) is 48.2 Å². The van der Waals surface area contributed by atoms with Gasteiger partial charge in [0.1, 0.15) is 11.6 Å². The minimum atomic E-state index is -0.288. The van der Waals surface area contributed by atoms with Crippen molar-refractivity contribution in [1.29, 1.82) is 0 Å². The second kappa shape index (κ2) is 9.34. The van der Waals surface area contributed by atoms with Gasteiger partial charge in [0.2, 0.25) is 5.95 Å². The van der Waals surface area contributed by atoms with Crippen molar-refractivity contribution in [3.05, 3.63) is 71.8 Å². The number of piperidine rings is 1. The highest BCUT2D eigenvalue weighted by Crippen LogP contribution is 2.35. The quantitative estimate of drug-likeness (QED) is 0.597. The average Bonchev–Trinajstić information content (AvgIpc) is 2.83. The second-order valence-corrected chi connectivity index (χ2v) is 8.17. The van der Waals surface area contributed by atoms with Crippen LogP contribution < -0.4 is 9.64 Å². The molecule has 1 aliphatic heterocycles. The number of ether oxygens (including phenoxy) is 1. The lowest BCUT2D eigenvalue weighted by Crippen LogP contribution is -2.38. The number of carbonyl (C=O) groups excluding carboxylic acids is 1. The minimum Gasteiger partial charge on any atom is -0.497 e. The molecule has 0 unspecified atom stereocenters. The molecule has 1 aliphatic rings. The van der Waals surface area contributed by atoms with Crippen LogP contribution in [0.2, 0.25) is 0 Å². The third-order valence-corrected chi connectivity index (χ3v) is 5.83. The number of rotatable bonds is 5. The van der Waals surface area contributed by atoms with E-state index < -0.39 is 0 Å². The molecular formula is C25H27FN4O2. The van der Waals surface area contributed by atoms with Crippen LogP contribution in [0.25, 0.3) is 11.1 Å². The van der Waals surface area contributed by atoms with E-state index >= 15 is 0 Å². The van der Waals surface area contributed by atoms with Crippen LogP contribution in [-0.2, 0) is 0 Å². The fourth-order valence-corrected chi connectivity index (χ4v) is 4.09. The van der Waals surface area contributed by atoms with Gasteiger partial charge in [0.25, 0.3) is 5.91 Å². The predicted octanol–water partition coefficient (Wildman–Crippen LogP) is 4.38. The zero-order valence-electron chi connectivity index (χ0n) is 18.6. The molecule has 0 N–H and O–H groups in total. The highest BCUT2D eigenvalue weighted by molar-refractivity contribution is 5.94. The van der Waals surface area contributed by atoms with Gasteiger partial charge in [-0.2, -0.15) is 0 Å². The third-order valence-electron chi connectivity index (χ3n) is 5.83. The van der Waals surface area contributed by atoms with Crippen molar-refractivity contribution in [3.8, 4) is 16.9 Å². The lowest BCUT2D eigenvalue weighted by atomic mass is 9.88. The summed E-state index contributed by atoms with van der Waals surface area (Å²) in [5.41, 5.74) is 3.14. The van der Waals surface area contributed by atoms with Crippen molar-refractivity contribution in [3.63, 3.8) is 0 Å². The summed E-state index contributed by atoms with van der Waals surface area (Å²) in [7, 11) is 5.39. The number of hydrogen-bond acceptors (Lipinski definition) is 5. The summed E-state index contributed by atoms with van der Waals surface area (Å²) in [6.07, 6.45) is 3.34. The van der Waals surface area contributed by atoms with Gasteiger partial charge < -0.3 is 14.5 Å². The van der Waals surface area contributed by atoms with E-state index in [1.165, 1.54) is 12.1 Å². The molecule has 2 aromatic carbocycles. The first kappa shape index (κ1) is 21.7. The first-order chi connectivity index (χ1) is 15.5. The van der Waals surface area contributed by atoms with Crippen LogP contribution in [-0.4, -0.2) is 55.1 Å². The molecule has 7 heteroatoms. The molecule has 0 atom stereocenters. The lowest BCUT2D eigenvalue weighted by molar-refractivity contribution is 0.0712. The Balaban J connectivity index is 1.57. The Labute approximate surface area is 187 Å². The number of benzene rings is 2. The standard InChI is InChI=1S/C25H27FN4O2/c1-29(2)25-27-16-22(18-6-4-8-20(26)14-18)23(28-25)17-10-12-30(13-11-17)24(31)19-7-5-9-21(15-19)32-3/h4-9,14-17H,10-13H2,1-3H3. The first-order valence-corrected chi connectivity index (χ1v) is 10.7. The highest BCUT2D eigenvalue weighted by atomic mass is 19.1. The van der Waals surface area contributed by atoms with E-state index in [0.717, 1.165) is 29.7 Å². The van der Waals surface area contributed by atoms with Crippen molar-refractivity contribution >= 4 is 11.9 Å². The van der Waals surface area contributed by atoms with Crippen LogP contribution >= 0.6 is 0 Å². The van der Waals surface area contributed by atoms with Gasteiger partial charge in [-0.3, -0.25) is 4.79 Å². The van der Waals surface area contributed by atoms with E-state index in [9.17, 15) is 9.18 Å². The molecule has 6 nitrogen and oxygen atoms in total. The summed E-state index contributed by atoms with van der Waals surface area (Å²) in [6, 6.07) is 13.8. The van der Waals surface area contributed by atoms with Crippen molar-refractivity contribution in [2.45, 2.75) is 18.8 Å². The fourth-order valence-electron chi connectivity index (χ4n) is 4.09. The molecular weight excluding hydrogens is 407 g/mol. The molecule has 0 bridgehead atoms. The average molecular weight is 435 g/mol. The van der Waals surface area contributed by atoms with Crippen LogP contribution in [0, 0.1) is 5.82 Å². The minimum absolute atomic E-state index is 0.00405. The maximum absolute atomic E-state index is 13.9. The highest BCUT2D eigenvalue weighted by Gasteiger charge is 2.28. The monoisotopic (exact) mass is 434 g/mol. The Morgan fingerprint density at radius 1 is 1.12 bits per heavy atom. The van der Waals surface area contributed by atoms with Crippen molar-refractivity contribution in [2.75, 3.05) is 39.2 Å². The van der Waals surface area contributed by atoms with Crippen LogP contribution in [0.5, 0.6) is 5.75 Å². The van der Waals surface area contributed by atoms with Gasteiger partial charge in [-0.05, 0) is 48.7 Å². The number of likely N-dealkylation sites (tertiary alicyclic amines) is 1. The van der Waals surface area contributed by atoms with Gasteiger partial charge in [0, 0.05) is 50.4 Å². The summed E-state index contributed by atoms with van der Waals surface area (Å²) < 4.78 is 19.1. The molecule has 0 radical (unpaired) electrons. The summed E-state index contributed by atoms with van der Waals surface area (Å²) in [5.74, 6) is 1.16. The maximum atomic E-state index is 13.9. The third kappa shape index (κ3) is 4.56. The fraction of sp³-hybridized carbons (Fsp3) is 0.320. The number of amides is 1. The van der Waals surface area contributed by atoms with E-state index in [4.69, 9.17) is 9.72 Å². The molecule has 3 aromatic rings. The first-order valence-electron chi connectivity index (χ1n) is 10.7. The van der Waals surface area contributed by atoms with Gasteiger partial charge in [-0.15, -0.1) is 0 Å². The Kier molecular flexibility index (Phi) is 6.35. The summed E-state index contributed by atoms with van der Waals surface area (Å²) in [6.45, 7) is 1.26. The molecule has 1 saturated heterocycles. The summed E-state index contributed by atoms with van der Waals surface area (Å²) in [5, 5.41) is 0. The van der Waals surface area contributed by atoms with Crippen molar-refractivity contribution in [1.82, 2.24) is 14.9 Å². The van der Waals surface area contributed by atoms with Crippen LogP contribution in [0.15, 0.2) is 54.7 Å². The zero-order valence-corrected chi connectivity index (χ0v) is 18.6. The second-order valence-electron chi connectivity index (χ2n) is 8.17. The molecule has 32 heavy (non-hydrogen) atoms. The molecule has 1 amide bonds. The Bertz CT molecular complexity index is 1110. The number of carbonyl (C=O) groups is 1. The maximum Gasteiger partial charge on any atom is 0.253 e. The molecule has 0 saturated carbocycles. The van der Waals surface area contributed by atoms with E-state index in [1.54, 1.807) is 25.4 Å². The number of nitrogens with zero attached hydrogens (tertiary/aromatic N) is 4. The van der Waals surface area contributed by atoms with E-state index in [-0.39, 0.29) is 17.6 Å². The van der Waals surface area contributed by atoms with Crippen LogP contribution in [0.3, 0.4) is 0 Å². The van der Waals surface area contributed by atoms with Gasteiger partial charge in [0.15, 0.2) is 0 Å². The van der Waals surface area contributed by atoms with E-state index in [0.29, 0.717) is 30.4 Å². The number of hydrogen-bond donors (Lipinski definition) is 0. The van der Waals surface area contributed by atoms with Crippen molar-refractivity contribution in [2.24, 2.45) is 0 Å². The SMILES string of the molecule is COc1cccc(C(=O)N2CCC(c3nc(N(C)C)ncc3-c3cccc(F)c3)CC2)c1. The molecule has 0 aliphatic carbocycles. The molecule has 4 rings (SSSR count). The Morgan fingerprint density at radius 3 is 2.56 bits per heavy atom. The predicted molar refractivity (Wildman–Crippen MR) is 123 cm³/mol. The number of methoxy groups -OCH3 is 1. The number of anilines is 1. The molecule has 0 spiro atoms. The van der Waals surface area contributed by atoms with Crippen LogP contribution in [0.4, 0.5) is 10.3 Å². The smallest absolute Gasteiger partial charge is 0.253 e. The van der Waals surface area contributed by atoms with Crippen molar-refractivity contribution < 1.29 is 13.9 Å². The number of halogens is 1. The van der Waals surface area contributed by atoms with Gasteiger partial charge in [-0.25, -0.2) is 14.4 Å². The Hall–Kier alpha value is -3.48. The summed E-state index contributed by atoms with van der Waals surface area (Å²) >= 11 is 0. The van der Waals surface area contributed by atoms with Crippen LogP contribution in [0.1, 0.15) is 34.8 Å². The largest absolute Gasteiger partial charge is 0.497 e. The zero-order chi connectivity index (χ0) is 22.7. The van der Waals surface area contributed by atoms with Gasteiger partial charge >= 0.3 is 0 Å². The molecule has 1 aromatic heterocycles.